The maximum absolute atomic E-state index is 12.9. The zero-order valence-electron chi connectivity index (χ0n) is 19.9. The number of aliphatic hydroxyl groups excluding tert-OH is 1. The summed E-state index contributed by atoms with van der Waals surface area (Å²) in [4.78, 5) is 26.5. The molecule has 3 N–H and O–H groups in total. The topological polar surface area (TPSA) is 133 Å². The minimum absolute atomic E-state index is 0.142. The Labute approximate surface area is 203 Å². The Morgan fingerprint density at radius 2 is 1.83 bits per heavy atom. The van der Waals surface area contributed by atoms with Gasteiger partial charge in [-0.15, -0.1) is 0 Å². The van der Waals surface area contributed by atoms with Crippen LogP contribution in [-0.4, -0.2) is 73.8 Å². The number of fused-ring (bicyclic) bond motifs is 2. The van der Waals surface area contributed by atoms with Crippen LogP contribution < -0.4 is 10.6 Å². The molecule has 1 spiro atoms. The molecule has 190 valence electrons. The maximum Gasteiger partial charge on any atom is 0.252 e. The van der Waals surface area contributed by atoms with Gasteiger partial charge in [0.1, 0.15) is 18.5 Å². The lowest BCUT2D eigenvalue weighted by molar-refractivity contribution is -0.229. The Bertz CT molecular complexity index is 1050. The number of hydrogen-bond donors (Lipinski definition) is 3. The summed E-state index contributed by atoms with van der Waals surface area (Å²) >= 11 is 0. The van der Waals surface area contributed by atoms with E-state index in [0.717, 1.165) is 50.8 Å². The number of carbonyl (C=O) groups excluding carboxylic acids is 1. The van der Waals surface area contributed by atoms with Crippen molar-refractivity contribution in [2.75, 3.05) is 18.5 Å². The van der Waals surface area contributed by atoms with Crippen LogP contribution in [0.1, 0.15) is 70.4 Å². The largest absolute Gasteiger partial charge is 0.395 e. The quantitative estimate of drug-likeness (QED) is 0.561. The number of nitrogens with zero attached hydrogens (tertiary/aromatic N) is 4. The molecule has 1 amide bonds. The van der Waals surface area contributed by atoms with Crippen molar-refractivity contribution in [2.45, 2.75) is 101 Å². The van der Waals surface area contributed by atoms with Gasteiger partial charge in [0.2, 0.25) is 0 Å². The zero-order valence-corrected chi connectivity index (χ0v) is 19.9. The highest BCUT2D eigenvalue weighted by Gasteiger charge is 2.60. The molecule has 4 fully saturated rings. The van der Waals surface area contributed by atoms with Gasteiger partial charge in [-0.2, -0.15) is 0 Å². The first-order valence-electron chi connectivity index (χ1n) is 13.0. The highest BCUT2D eigenvalue weighted by atomic mass is 16.8. The number of nitrogens with one attached hydrogen (secondary N) is 2. The third-order valence-corrected chi connectivity index (χ3v) is 7.75. The molecule has 11 heteroatoms. The molecular weight excluding hydrogens is 452 g/mol. The SMILES string of the molecule is O=C(NCCO)[C@H]1O[C@@H](n2cnc3c(NC4CCCCC4)ncnc32)[C@@H]2OC3(CCCCC3)O[C@@H]21. The number of ether oxygens (including phenoxy) is 3. The van der Waals surface area contributed by atoms with Crippen molar-refractivity contribution in [1.29, 1.82) is 0 Å². The monoisotopic (exact) mass is 486 g/mol. The molecule has 2 saturated carbocycles. The lowest BCUT2D eigenvalue weighted by atomic mass is 9.94. The van der Waals surface area contributed by atoms with Crippen LogP contribution >= 0.6 is 0 Å². The van der Waals surface area contributed by atoms with Gasteiger partial charge < -0.3 is 30.0 Å². The summed E-state index contributed by atoms with van der Waals surface area (Å²) in [6.45, 7) is 0.0152. The molecular formula is C24H34N6O5. The van der Waals surface area contributed by atoms with Crippen molar-refractivity contribution < 1.29 is 24.1 Å². The molecule has 11 nitrogen and oxygen atoms in total. The molecule has 4 aliphatic rings. The molecule has 6 rings (SSSR count). The summed E-state index contributed by atoms with van der Waals surface area (Å²) in [5.41, 5.74) is 1.31. The minimum atomic E-state index is -0.850. The van der Waals surface area contributed by atoms with E-state index in [-0.39, 0.29) is 19.1 Å². The highest BCUT2D eigenvalue weighted by Crippen LogP contribution is 2.49. The maximum atomic E-state index is 12.9. The Morgan fingerprint density at radius 3 is 2.63 bits per heavy atom. The second kappa shape index (κ2) is 9.61. The van der Waals surface area contributed by atoms with Crippen LogP contribution in [0.15, 0.2) is 12.7 Å². The first kappa shape index (κ1) is 23.1. The molecule has 2 saturated heterocycles. The predicted octanol–water partition coefficient (Wildman–Crippen LogP) is 2.02. The average molecular weight is 487 g/mol. The van der Waals surface area contributed by atoms with E-state index in [9.17, 15) is 4.79 Å². The predicted molar refractivity (Wildman–Crippen MR) is 125 cm³/mol. The molecule has 35 heavy (non-hydrogen) atoms. The second-order valence-corrected chi connectivity index (χ2v) is 10.1. The number of anilines is 1. The first-order valence-corrected chi connectivity index (χ1v) is 13.0. The molecule has 0 bridgehead atoms. The molecule has 4 atom stereocenters. The fraction of sp³-hybridized carbons (Fsp3) is 0.750. The summed E-state index contributed by atoms with van der Waals surface area (Å²) < 4.78 is 21.1. The van der Waals surface area contributed by atoms with Crippen LogP contribution in [0.3, 0.4) is 0 Å². The molecule has 2 aromatic rings. The van der Waals surface area contributed by atoms with Gasteiger partial charge in [-0.1, -0.05) is 25.7 Å². The number of aromatic nitrogens is 4. The van der Waals surface area contributed by atoms with E-state index in [1.54, 1.807) is 6.33 Å². The molecule has 0 unspecified atom stereocenters. The van der Waals surface area contributed by atoms with Crippen LogP contribution in [0.5, 0.6) is 0 Å². The third kappa shape index (κ3) is 4.28. The fourth-order valence-electron chi connectivity index (χ4n) is 6.04. The van der Waals surface area contributed by atoms with E-state index in [1.807, 2.05) is 4.57 Å². The van der Waals surface area contributed by atoms with Crippen LogP contribution in [0, 0.1) is 0 Å². The number of aliphatic hydroxyl groups is 1. The van der Waals surface area contributed by atoms with Crippen LogP contribution in [0.2, 0.25) is 0 Å². The van der Waals surface area contributed by atoms with Gasteiger partial charge in [-0.3, -0.25) is 9.36 Å². The molecule has 2 aliphatic heterocycles. The fourth-order valence-corrected chi connectivity index (χ4v) is 6.04. The van der Waals surface area contributed by atoms with Crippen molar-refractivity contribution in [1.82, 2.24) is 24.8 Å². The lowest BCUT2D eigenvalue weighted by Crippen LogP contribution is -2.44. The summed E-state index contributed by atoms with van der Waals surface area (Å²) in [5, 5.41) is 15.4. The van der Waals surface area contributed by atoms with E-state index in [1.165, 1.54) is 25.6 Å². The van der Waals surface area contributed by atoms with Gasteiger partial charge in [0, 0.05) is 25.4 Å². The third-order valence-electron chi connectivity index (χ3n) is 7.75. The Morgan fingerprint density at radius 1 is 1.06 bits per heavy atom. The van der Waals surface area contributed by atoms with Crippen molar-refractivity contribution in [3.05, 3.63) is 12.7 Å². The smallest absolute Gasteiger partial charge is 0.252 e. The summed E-state index contributed by atoms with van der Waals surface area (Å²) in [7, 11) is 0. The normalized spacial score (nSPS) is 30.5. The zero-order chi connectivity index (χ0) is 23.8. The van der Waals surface area contributed by atoms with E-state index < -0.39 is 30.3 Å². The molecule has 0 radical (unpaired) electrons. The number of carbonyl (C=O) groups is 1. The van der Waals surface area contributed by atoms with Gasteiger partial charge >= 0.3 is 0 Å². The van der Waals surface area contributed by atoms with E-state index in [4.69, 9.17) is 19.3 Å². The van der Waals surface area contributed by atoms with Crippen molar-refractivity contribution >= 4 is 22.9 Å². The van der Waals surface area contributed by atoms with Gasteiger partial charge in [0.05, 0.1) is 12.9 Å². The van der Waals surface area contributed by atoms with Crippen LogP contribution in [0.4, 0.5) is 5.82 Å². The van der Waals surface area contributed by atoms with Gasteiger partial charge in [-0.05, 0) is 25.7 Å². The molecule has 2 aliphatic carbocycles. The lowest BCUT2D eigenvalue weighted by Gasteiger charge is -2.34. The number of hydrogen-bond acceptors (Lipinski definition) is 9. The summed E-state index contributed by atoms with van der Waals surface area (Å²) in [6.07, 6.45) is 11.5. The van der Waals surface area contributed by atoms with Crippen LogP contribution in [-0.2, 0) is 19.0 Å². The Kier molecular flexibility index (Phi) is 6.34. The summed E-state index contributed by atoms with van der Waals surface area (Å²) in [6, 6.07) is 0.386. The Hall–Kier alpha value is -2.34. The van der Waals surface area contributed by atoms with E-state index in [0.29, 0.717) is 17.2 Å². The van der Waals surface area contributed by atoms with Gasteiger partial charge in [0.25, 0.3) is 5.91 Å². The number of rotatable bonds is 6. The van der Waals surface area contributed by atoms with E-state index in [2.05, 4.69) is 25.6 Å². The van der Waals surface area contributed by atoms with Crippen molar-refractivity contribution in [2.24, 2.45) is 0 Å². The molecule has 4 heterocycles. The molecule has 0 aromatic carbocycles. The van der Waals surface area contributed by atoms with Gasteiger partial charge in [0.15, 0.2) is 35.1 Å². The first-order chi connectivity index (χ1) is 17.2. The van der Waals surface area contributed by atoms with E-state index >= 15 is 0 Å². The standard InChI is InChI=1S/C24H34N6O5/c31-12-11-25-22(32)18-17-19(35-24(34-17)9-5-2-6-10-24)23(33-18)30-14-28-16-20(26-13-27-21(16)30)29-15-7-3-1-4-8-15/h13-15,17-19,23,31H,1-12H2,(H,25,32)(H,26,27,29)/t17-,18+,19-,23-/m1/s1. The minimum Gasteiger partial charge on any atom is -0.395 e. The second-order valence-electron chi connectivity index (χ2n) is 10.1. The Balaban J connectivity index is 1.30. The highest BCUT2D eigenvalue weighted by molar-refractivity contribution is 5.83. The summed E-state index contributed by atoms with van der Waals surface area (Å²) in [5.74, 6) is -0.268. The number of imidazole rings is 1. The van der Waals surface area contributed by atoms with Crippen LogP contribution in [0.25, 0.3) is 11.2 Å². The molecule has 2 aromatic heterocycles. The number of amides is 1. The van der Waals surface area contributed by atoms with Crippen molar-refractivity contribution in [3.63, 3.8) is 0 Å². The van der Waals surface area contributed by atoms with Gasteiger partial charge in [-0.25, -0.2) is 15.0 Å². The van der Waals surface area contributed by atoms with Crippen molar-refractivity contribution in [3.8, 4) is 0 Å². The average Bonchev–Trinajstić information content (AvgIpc) is 3.56.